The van der Waals surface area contributed by atoms with E-state index in [0.717, 1.165) is 37.1 Å². The van der Waals surface area contributed by atoms with Gasteiger partial charge in [-0.1, -0.05) is 30.3 Å². The molecule has 1 amide bonds. The molecule has 2 aliphatic rings. The van der Waals surface area contributed by atoms with Crippen LogP contribution in [0.5, 0.6) is 0 Å². The summed E-state index contributed by atoms with van der Waals surface area (Å²) < 4.78 is 25.4. The van der Waals surface area contributed by atoms with Crippen LogP contribution in [0.15, 0.2) is 54.6 Å². The maximum Gasteiger partial charge on any atom is 0.241 e. The number of amides is 1. The number of rotatable bonds is 5. The molecule has 0 radical (unpaired) electrons. The molecule has 1 atom stereocenters. The monoisotopic (exact) mass is 469 g/mol. The molecule has 2 saturated heterocycles. The quantitative estimate of drug-likeness (QED) is 0.570. The highest BCUT2D eigenvalue weighted by Crippen LogP contribution is 2.34. The first-order chi connectivity index (χ1) is 15.5. The molecular formula is C24H27N3O3S2. The lowest BCUT2D eigenvalue weighted by Gasteiger charge is -2.34. The van der Waals surface area contributed by atoms with E-state index in [9.17, 15) is 13.2 Å². The average Bonchev–Trinajstić information content (AvgIpc) is 3.38. The number of benzene rings is 2. The van der Waals surface area contributed by atoms with Gasteiger partial charge in [0, 0.05) is 11.6 Å². The van der Waals surface area contributed by atoms with E-state index >= 15 is 0 Å². The third-order valence-corrected chi connectivity index (χ3v) is 9.43. The molecule has 0 aliphatic carbocycles. The summed E-state index contributed by atoms with van der Waals surface area (Å²) in [5, 5.41) is 1.19. The molecule has 0 N–H and O–H groups in total. The van der Waals surface area contributed by atoms with E-state index in [0.29, 0.717) is 18.9 Å². The number of aromatic nitrogens is 1. The first-order valence-electron chi connectivity index (χ1n) is 11.1. The van der Waals surface area contributed by atoms with Gasteiger partial charge in [0.25, 0.3) is 0 Å². The smallest absolute Gasteiger partial charge is 0.241 e. The second kappa shape index (κ2) is 8.92. The Morgan fingerprint density at radius 1 is 1.03 bits per heavy atom. The van der Waals surface area contributed by atoms with Crippen LogP contribution in [0.3, 0.4) is 0 Å². The summed E-state index contributed by atoms with van der Waals surface area (Å²) in [5.74, 6) is 0.621. The Hall–Kier alpha value is -2.29. The second-order valence-electron chi connectivity index (χ2n) is 8.73. The number of anilines is 1. The summed E-state index contributed by atoms with van der Waals surface area (Å²) in [6.45, 7) is 2.01. The SMILES string of the molecule is O=C(CN1CCC(c2nc3ccccc3s2)CC1)N(c1ccccc1)[C@@H]1CCS(=O)(=O)C1. The fourth-order valence-electron chi connectivity index (χ4n) is 4.80. The maximum absolute atomic E-state index is 13.4. The zero-order chi connectivity index (χ0) is 22.1. The Labute approximate surface area is 192 Å². The van der Waals surface area contributed by atoms with Crippen LogP contribution in [0.4, 0.5) is 5.69 Å². The third kappa shape index (κ3) is 4.58. The van der Waals surface area contributed by atoms with Crippen LogP contribution in [0, 0.1) is 0 Å². The van der Waals surface area contributed by atoms with Crippen molar-refractivity contribution in [1.29, 1.82) is 0 Å². The van der Waals surface area contributed by atoms with E-state index in [4.69, 9.17) is 4.98 Å². The first-order valence-corrected chi connectivity index (χ1v) is 13.8. The number of likely N-dealkylation sites (tertiary alicyclic amines) is 1. The van der Waals surface area contributed by atoms with Crippen LogP contribution in [0.2, 0.25) is 0 Å². The number of thiazole rings is 1. The number of hydrogen-bond acceptors (Lipinski definition) is 6. The molecule has 2 fully saturated rings. The van der Waals surface area contributed by atoms with E-state index in [2.05, 4.69) is 17.0 Å². The van der Waals surface area contributed by atoms with Gasteiger partial charge in [0.05, 0.1) is 39.3 Å². The average molecular weight is 470 g/mol. The fraction of sp³-hybridized carbons (Fsp3) is 0.417. The zero-order valence-electron chi connectivity index (χ0n) is 17.9. The molecule has 6 nitrogen and oxygen atoms in total. The number of sulfone groups is 1. The standard InChI is InChI=1S/C24H27N3O3S2/c28-23(27(19-6-2-1-3-7-19)20-12-15-32(29,30)17-20)16-26-13-10-18(11-14-26)24-25-21-8-4-5-9-22(21)31-24/h1-9,18,20H,10-17H2/t20-/m1/s1. The van der Waals surface area contributed by atoms with Crippen LogP contribution >= 0.6 is 11.3 Å². The van der Waals surface area contributed by atoms with Gasteiger partial charge < -0.3 is 4.90 Å². The predicted octanol–water partition coefficient (Wildman–Crippen LogP) is 3.70. The summed E-state index contributed by atoms with van der Waals surface area (Å²) in [6.07, 6.45) is 2.47. The van der Waals surface area contributed by atoms with E-state index < -0.39 is 9.84 Å². The van der Waals surface area contributed by atoms with Crippen LogP contribution in [0.25, 0.3) is 10.2 Å². The van der Waals surface area contributed by atoms with E-state index in [1.165, 1.54) is 9.71 Å². The number of hydrogen-bond donors (Lipinski definition) is 0. The lowest BCUT2D eigenvalue weighted by Crippen LogP contribution is -2.48. The topological polar surface area (TPSA) is 70.6 Å². The van der Waals surface area contributed by atoms with Crippen molar-refractivity contribution < 1.29 is 13.2 Å². The molecule has 0 bridgehead atoms. The van der Waals surface area contributed by atoms with Crippen LogP contribution in [-0.4, -0.2) is 61.4 Å². The number of fused-ring (bicyclic) bond motifs is 1. The molecule has 2 aromatic carbocycles. The van der Waals surface area contributed by atoms with Gasteiger partial charge in [-0.05, 0) is 56.6 Å². The highest BCUT2D eigenvalue weighted by atomic mass is 32.2. The van der Waals surface area contributed by atoms with Crippen molar-refractivity contribution in [2.24, 2.45) is 0 Å². The molecular weight excluding hydrogens is 442 g/mol. The van der Waals surface area contributed by atoms with Crippen LogP contribution in [0.1, 0.15) is 30.2 Å². The Bertz CT molecular complexity index is 1170. The van der Waals surface area contributed by atoms with Crippen molar-refractivity contribution in [2.45, 2.75) is 31.2 Å². The number of carbonyl (C=O) groups excluding carboxylic acids is 1. The third-order valence-electron chi connectivity index (χ3n) is 6.48. The van der Waals surface area contributed by atoms with Crippen molar-refractivity contribution in [1.82, 2.24) is 9.88 Å². The summed E-state index contributed by atoms with van der Waals surface area (Å²) in [4.78, 5) is 22.1. The normalized spacial score (nSPS) is 21.7. The minimum atomic E-state index is -3.08. The van der Waals surface area contributed by atoms with Gasteiger partial charge in [-0.2, -0.15) is 0 Å². The Balaban J connectivity index is 1.25. The van der Waals surface area contributed by atoms with E-state index in [-0.39, 0.29) is 23.5 Å². The lowest BCUT2D eigenvalue weighted by atomic mass is 9.97. The van der Waals surface area contributed by atoms with Crippen molar-refractivity contribution >= 4 is 43.0 Å². The predicted molar refractivity (Wildman–Crippen MR) is 129 cm³/mol. The molecule has 1 aromatic heterocycles. The number of nitrogens with zero attached hydrogens (tertiary/aromatic N) is 3. The molecule has 0 unspecified atom stereocenters. The molecule has 168 valence electrons. The summed E-state index contributed by atoms with van der Waals surface area (Å²) >= 11 is 1.78. The minimum Gasteiger partial charge on any atom is -0.307 e. The Morgan fingerprint density at radius 3 is 2.44 bits per heavy atom. The van der Waals surface area contributed by atoms with Crippen molar-refractivity contribution in [3.05, 3.63) is 59.6 Å². The summed E-state index contributed by atoms with van der Waals surface area (Å²) in [5.41, 5.74) is 1.85. The highest BCUT2D eigenvalue weighted by Gasteiger charge is 2.36. The van der Waals surface area contributed by atoms with Gasteiger partial charge in [0.1, 0.15) is 0 Å². The highest BCUT2D eigenvalue weighted by molar-refractivity contribution is 7.91. The second-order valence-corrected chi connectivity index (χ2v) is 12.0. The van der Waals surface area contributed by atoms with Gasteiger partial charge >= 0.3 is 0 Å². The molecule has 0 spiro atoms. The van der Waals surface area contributed by atoms with Gasteiger partial charge in [-0.3, -0.25) is 9.69 Å². The van der Waals surface area contributed by atoms with Crippen molar-refractivity contribution in [2.75, 3.05) is 36.0 Å². The Morgan fingerprint density at radius 2 is 1.75 bits per heavy atom. The zero-order valence-corrected chi connectivity index (χ0v) is 19.5. The van der Waals surface area contributed by atoms with Crippen molar-refractivity contribution in [3.8, 4) is 0 Å². The van der Waals surface area contributed by atoms with Crippen LogP contribution in [-0.2, 0) is 14.6 Å². The lowest BCUT2D eigenvalue weighted by molar-refractivity contribution is -0.120. The minimum absolute atomic E-state index is 0.0169. The summed E-state index contributed by atoms with van der Waals surface area (Å²) in [6, 6.07) is 17.4. The molecule has 8 heteroatoms. The summed E-state index contributed by atoms with van der Waals surface area (Å²) in [7, 11) is -3.08. The molecule has 2 aliphatic heterocycles. The number of piperidine rings is 1. The first kappa shape index (κ1) is 21.6. The van der Waals surface area contributed by atoms with Crippen molar-refractivity contribution in [3.63, 3.8) is 0 Å². The van der Waals surface area contributed by atoms with Gasteiger partial charge in [-0.25, -0.2) is 13.4 Å². The number of carbonyl (C=O) groups is 1. The molecule has 5 rings (SSSR count). The van der Waals surface area contributed by atoms with Gasteiger partial charge in [-0.15, -0.1) is 11.3 Å². The largest absolute Gasteiger partial charge is 0.307 e. The van der Waals surface area contributed by atoms with Gasteiger partial charge in [0.2, 0.25) is 5.91 Å². The maximum atomic E-state index is 13.4. The van der Waals surface area contributed by atoms with Crippen LogP contribution < -0.4 is 4.90 Å². The van der Waals surface area contributed by atoms with E-state index in [1.807, 2.05) is 42.5 Å². The fourth-order valence-corrected chi connectivity index (χ4v) is 7.63. The number of para-hydroxylation sites is 2. The van der Waals surface area contributed by atoms with Gasteiger partial charge in [0.15, 0.2) is 9.84 Å². The molecule has 32 heavy (non-hydrogen) atoms. The molecule has 0 saturated carbocycles. The molecule has 3 aromatic rings. The van der Waals surface area contributed by atoms with E-state index in [1.54, 1.807) is 16.2 Å². The Kier molecular flexibility index (Phi) is 6.01. The molecule has 3 heterocycles.